The Morgan fingerprint density at radius 2 is 1.79 bits per heavy atom. The number of ether oxygens (including phenoxy) is 7. The van der Waals surface area contributed by atoms with E-state index >= 15 is 0 Å². The number of carbonyl (C=O) groups excluding carboxylic acids is 1. The van der Waals surface area contributed by atoms with Crippen molar-refractivity contribution in [3.8, 4) is 0 Å². The van der Waals surface area contributed by atoms with Crippen molar-refractivity contribution in [1.29, 1.82) is 0 Å². The topological polar surface area (TPSA) is 81.7 Å². The van der Waals surface area contributed by atoms with Crippen LogP contribution in [0.1, 0.15) is 20.8 Å². The molecule has 138 valence electrons. The van der Waals surface area contributed by atoms with Gasteiger partial charge < -0.3 is 33.2 Å². The average Bonchev–Trinajstić information content (AvgIpc) is 2.55. The van der Waals surface area contributed by atoms with E-state index in [1.54, 1.807) is 19.9 Å². The Hall–Kier alpha value is -1.03. The summed E-state index contributed by atoms with van der Waals surface area (Å²) in [7, 11) is 2.99. The van der Waals surface area contributed by atoms with E-state index in [4.69, 9.17) is 33.2 Å². The van der Waals surface area contributed by atoms with Crippen LogP contribution in [0.3, 0.4) is 0 Å². The molecular formula is C16H26O8. The molecule has 0 radical (unpaired) electrons. The van der Waals surface area contributed by atoms with Crippen LogP contribution in [-0.2, 0) is 38.0 Å². The maximum Gasteiger partial charge on any atom is 0.303 e. The highest BCUT2D eigenvalue weighted by atomic mass is 16.8. The first kappa shape index (κ1) is 19.3. The molecule has 2 aliphatic heterocycles. The summed E-state index contributed by atoms with van der Waals surface area (Å²) >= 11 is 0. The van der Waals surface area contributed by atoms with Gasteiger partial charge in [0.1, 0.15) is 12.2 Å². The van der Waals surface area contributed by atoms with Crippen LogP contribution >= 0.6 is 0 Å². The van der Waals surface area contributed by atoms with E-state index in [1.165, 1.54) is 21.1 Å². The molecule has 2 rings (SSSR count). The number of carbonyl (C=O) groups is 1. The first-order valence-corrected chi connectivity index (χ1v) is 7.77. The van der Waals surface area contributed by atoms with Gasteiger partial charge in [0.25, 0.3) is 0 Å². The number of methoxy groups -OCH3 is 2. The minimum Gasteiger partial charge on any atom is -0.457 e. The second-order valence-electron chi connectivity index (χ2n) is 5.94. The fraction of sp³-hybridized carbons (Fsp3) is 0.812. The highest BCUT2D eigenvalue weighted by Gasteiger charge is 2.61. The fourth-order valence-corrected chi connectivity index (χ4v) is 2.83. The second-order valence-corrected chi connectivity index (χ2v) is 5.94. The van der Waals surface area contributed by atoms with E-state index in [-0.39, 0.29) is 13.2 Å². The largest absolute Gasteiger partial charge is 0.457 e. The van der Waals surface area contributed by atoms with Crippen LogP contribution in [0.2, 0.25) is 0 Å². The Morgan fingerprint density at radius 3 is 2.29 bits per heavy atom. The maximum absolute atomic E-state index is 11.4. The Labute approximate surface area is 141 Å². The van der Waals surface area contributed by atoms with Crippen LogP contribution in [0.5, 0.6) is 0 Å². The van der Waals surface area contributed by atoms with E-state index in [2.05, 4.69) is 6.58 Å². The highest BCUT2D eigenvalue weighted by molar-refractivity contribution is 5.66. The number of fused-ring (bicyclic) bond motifs is 1. The third-order valence-electron chi connectivity index (χ3n) is 4.40. The van der Waals surface area contributed by atoms with Crippen LogP contribution < -0.4 is 0 Å². The molecular weight excluding hydrogens is 320 g/mol. The van der Waals surface area contributed by atoms with Gasteiger partial charge >= 0.3 is 5.97 Å². The average molecular weight is 346 g/mol. The lowest BCUT2D eigenvalue weighted by molar-refractivity contribution is -0.478. The molecule has 0 spiro atoms. The molecule has 0 bridgehead atoms. The molecule has 2 heterocycles. The Bertz CT molecular complexity index is 469. The second kappa shape index (κ2) is 7.47. The number of rotatable bonds is 6. The highest BCUT2D eigenvalue weighted by Crippen LogP contribution is 2.43. The van der Waals surface area contributed by atoms with Gasteiger partial charge in [-0.05, 0) is 13.8 Å². The zero-order valence-corrected chi connectivity index (χ0v) is 14.8. The van der Waals surface area contributed by atoms with E-state index in [0.717, 1.165) is 0 Å². The molecule has 0 saturated carbocycles. The molecule has 0 aromatic carbocycles. The Balaban J connectivity index is 2.30. The first-order chi connectivity index (χ1) is 11.3. The minimum absolute atomic E-state index is 0.120. The third-order valence-corrected chi connectivity index (χ3v) is 4.40. The van der Waals surface area contributed by atoms with Crippen molar-refractivity contribution in [2.24, 2.45) is 0 Å². The molecule has 0 N–H and O–H groups in total. The predicted molar refractivity (Wildman–Crippen MR) is 82.0 cm³/mol. The van der Waals surface area contributed by atoms with Crippen molar-refractivity contribution >= 4 is 5.97 Å². The van der Waals surface area contributed by atoms with Gasteiger partial charge in [0.15, 0.2) is 12.4 Å². The standard InChI is InChI=1S/C16H26O8/c1-7-8-20-14-13-12(11(9-21-14)22-10(2)17)23-15(3,18-5)16(4,19-6)24-13/h7,11-14H,1,8-9H2,2-6H3/t11-,12+,13-,14+,15-,16-/m1/s1. The van der Waals surface area contributed by atoms with Crippen LogP contribution in [0.15, 0.2) is 12.7 Å². The van der Waals surface area contributed by atoms with Gasteiger partial charge in [-0.15, -0.1) is 6.58 Å². The maximum atomic E-state index is 11.4. The zero-order chi connectivity index (χ0) is 18.0. The molecule has 0 aromatic heterocycles. The molecule has 0 amide bonds. The van der Waals surface area contributed by atoms with Crippen molar-refractivity contribution < 1.29 is 38.0 Å². The van der Waals surface area contributed by atoms with Gasteiger partial charge in [-0.25, -0.2) is 0 Å². The van der Waals surface area contributed by atoms with Gasteiger partial charge in [-0.3, -0.25) is 4.79 Å². The molecule has 2 saturated heterocycles. The Morgan fingerprint density at radius 1 is 1.21 bits per heavy atom. The first-order valence-electron chi connectivity index (χ1n) is 7.77. The van der Waals surface area contributed by atoms with E-state index < -0.39 is 42.1 Å². The summed E-state index contributed by atoms with van der Waals surface area (Å²) < 4.78 is 39.8. The predicted octanol–water partition coefficient (Wildman–Crippen LogP) is 0.986. The number of esters is 1. The van der Waals surface area contributed by atoms with Crippen molar-refractivity contribution in [1.82, 2.24) is 0 Å². The lowest BCUT2D eigenvalue weighted by atomic mass is 9.98. The summed E-state index contributed by atoms with van der Waals surface area (Å²) in [6.45, 7) is 8.75. The monoisotopic (exact) mass is 346 g/mol. The normalized spacial score (nSPS) is 42.2. The number of hydrogen-bond donors (Lipinski definition) is 0. The Kier molecular flexibility index (Phi) is 6.00. The summed E-state index contributed by atoms with van der Waals surface area (Å²) in [5.74, 6) is -2.85. The van der Waals surface area contributed by atoms with Gasteiger partial charge in [0.2, 0.25) is 11.6 Å². The molecule has 0 aromatic rings. The van der Waals surface area contributed by atoms with Gasteiger partial charge in [0, 0.05) is 21.1 Å². The molecule has 8 nitrogen and oxygen atoms in total. The summed E-state index contributed by atoms with van der Waals surface area (Å²) in [6.07, 6.45) is -1.06. The minimum atomic E-state index is -1.21. The van der Waals surface area contributed by atoms with Gasteiger partial charge in [-0.1, -0.05) is 6.08 Å². The quantitative estimate of drug-likeness (QED) is 0.520. The summed E-state index contributed by atoms with van der Waals surface area (Å²) in [5.41, 5.74) is 0. The summed E-state index contributed by atoms with van der Waals surface area (Å²) in [6, 6.07) is 0. The molecule has 2 fully saturated rings. The van der Waals surface area contributed by atoms with Crippen molar-refractivity contribution in [2.75, 3.05) is 27.4 Å². The van der Waals surface area contributed by atoms with E-state index in [9.17, 15) is 4.79 Å². The molecule has 6 atom stereocenters. The van der Waals surface area contributed by atoms with Crippen LogP contribution in [0.25, 0.3) is 0 Å². The lowest BCUT2D eigenvalue weighted by Gasteiger charge is -2.55. The molecule has 2 aliphatic rings. The van der Waals surface area contributed by atoms with E-state index in [0.29, 0.717) is 0 Å². The summed E-state index contributed by atoms with van der Waals surface area (Å²) in [4.78, 5) is 11.4. The van der Waals surface area contributed by atoms with Crippen LogP contribution in [0, 0.1) is 0 Å². The summed E-state index contributed by atoms with van der Waals surface area (Å²) in [5, 5.41) is 0. The van der Waals surface area contributed by atoms with Gasteiger partial charge in [0.05, 0.1) is 13.2 Å². The molecule has 8 heteroatoms. The molecule has 0 unspecified atom stereocenters. The van der Waals surface area contributed by atoms with Crippen molar-refractivity contribution in [2.45, 2.75) is 56.9 Å². The lowest BCUT2D eigenvalue weighted by Crippen LogP contribution is -2.71. The van der Waals surface area contributed by atoms with Gasteiger partial charge in [-0.2, -0.15) is 0 Å². The van der Waals surface area contributed by atoms with E-state index in [1.807, 2.05) is 0 Å². The molecule has 0 aliphatic carbocycles. The number of hydrogen-bond acceptors (Lipinski definition) is 8. The van der Waals surface area contributed by atoms with Crippen LogP contribution in [0.4, 0.5) is 0 Å². The zero-order valence-electron chi connectivity index (χ0n) is 14.8. The van der Waals surface area contributed by atoms with Crippen molar-refractivity contribution in [3.05, 3.63) is 12.7 Å². The SMILES string of the molecule is C=CCO[C@H]1OC[C@@H](OC(C)=O)[C@@H]2O[C@@](C)(OC)[C@](C)(OC)O[C@@H]12. The fourth-order valence-electron chi connectivity index (χ4n) is 2.83. The smallest absolute Gasteiger partial charge is 0.303 e. The molecule has 24 heavy (non-hydrogen) atoms. The third kappa shape index (κ3) is 3.49. The van der Waals surface area contributed by atoms with Crippen LogP contribution in [-0.4, -0.2) is 69.6 Å². The van der Waals surface area contributed by atoms with Crippen molar-refractivity contribution in [3.63, 3.8) is 0 Å².